The first-order valence-electron chi connectivity index (χ1n) is 7.95. The van der Waals surface area contributed by atoms with Crippen LogP contribution in [0.5, 0.6) is 0 Å². The summed E-state index contributed by atoms with van der Waals surface area (Å²) in [6, 6.07) is 2.13. The average molecular weight is 309 g/mol. The van der Waals surface area contributed by atoms with Gasteiger partial charge in [-0.3, -0.25) is 0 Å². The van der Waals surface area contributed by atoms with Gasteiger partial charge in [-0.15, -0.1) is 0 Å². The Morgan fingerprint density at radius 2 is 1.64 bits per heavy atom. The van der Waals surface area contributed by atoms with Crippen LogP contribution in [0.4, 0.5) is 25.0 Å². The molecule has 0 bridgehead atoms. The normalized spacial score (nSPS) is 18.7. The summed E-state index contributed by atoms with van der Waals surface area (Å²) in [4.78, 5) is 13.6. The molecule has 4 nitrogen and oxygen atoms in total. The molecule has 0 aromatic heterocycles. The molecule has 1 saturated heterocycles. The Morgan fingerprint density at radius 3 is 2.23 bits per heavy atom. The van der Waals surface area contributed by atoms with E-state index in [0.29, 0.717) is 13.1 Å². The number of carbonyl (C=O) groups is 1. The van der Waals surface area contributed by atoms with Crippen LogP contribution in [0, 0.1) is 11.6 Å². The van der Waals surface area contributed by atoms with Crippen molar-refractivity contribution in [3.63, 3.8) is 0 Å². The standard InChI is InChI=1S/C16H21F2N3O/c17-13-9-12(20-16(22)19-11-5-1-2-6-11)10-14(18)15(13)21-7-3-4-8-21/h9-11H,1-8H2,(H2,19,20,22). The van der Waals surface area contributed by atoms with Gasteiger partial charge in [0, 0.05) is 24.8 Å². The zero-order chi connectivity index (χ0) is 15.5. The van der Waals surface area contributed by atoms with Gasteiger partial charge in [-0.1, -0.05) is 12.8 Å². The van der Waals surface area contributed by atoms with Gasteiger partial charge in [-0.25, -0.2) is 13.6 Å². The van der Waals surface area contributed by atoms with Crippen LogP contribution in [0.15, 0.2) is 12.1 Å². The monoisotopic (exact) mass is 309 g/mol. The predicted octanol–water partition coefficient (Wildman–Crippen LogP) is 3.63. The van der Waals surface area contributed by atoms with Gasteiger partial charge in [0.1, 0.15) is 5.69 Å². The maximum atomic E-state index is 14.2. The van der Waals surface area contributed by atoms with Gasteiger partial charge in [0.15, 0.2) is 11.6 Å². The van der Waals surface area contributed by atoms with Crippen molar-refractivity contribution in [2.24, 2.45) is 0 Å². The quantitative estimate of drug-likeness (QED) is 0.895. The van der Waals surface area contributed by atoms with E-state index in [2.05, 4.69) is 10.6 Å². The van der Waals surface area contributed by atoms with Gasteiger partial charge in [-0.05, 0) is 37.8 Å². The summed E-state index contributed by atoms with van der Waals surface area (Å²) in [6.45, 7) is 1.34. The molecule has 1 aliphatic carbocycles. The highest BCUT2D eigenvalue weighted by atomic mass is 19.1. The van der Waals surface area contributed by atoms with E-state index in [-0.39, 0.29) is 17.4 Å². The number of hydrogen-bond donors (Lipinski definition) is 2. The summed E-state index contributed by atoms with van der Waals surface area (Å²) >= 11 is 0. The number of nitrogens with zero attached hydrogens (tertiary/aromatic N) is 1. The molecule has 0 unspecified atom stereocenters. The van der Waals surface area contributed by atoms with Crippen LogP contribution in [0.2, 0.25) is 0 Å². The van der Waals surface area contributed by atoms with Crippen molar-refractivity contribution in [3.05, 3.63) is 23.8 Å². The van der Waals surface area contributed by atoms with Crippen molar-refractivity contribution in [1.82, 2.24) is 5.32 Å². The molecule has 1 aromatic rings. The lowest BCUT2D eigenvalue weighted by molar-refractivity contribution is 0.248. The van der Waals surface area contributed by atoms with Gasteiger partial charge in [0.05, 0.1) is 0 Å². The van der Waals surface area contributed by atoms with Crippen molar-refractivity contribution < 1.29 is 13.6 Å². The summed E-state index contributed by atoms with van der Waals surface area (Å²) in [7, 11) is 0. The number of urea groups is 1. The minimum Gasteiger partial charge on any atom is -0.367 e. The number of rotatable bonds is 3. The smallest absolute Gasteiger partial charge is 0.319 e. The zero-order valence-electron chi connectivity index (χ0n) is 12.5. The van der Waals surface area contributed by atoms with Crippen LogP contribution in [0.1, 0.15) is 38.5 Å². The SMILES string of the molecule is O=C(Nc1cc(F)c(N2CCCC2)c(F)c1)NC1CCCC1. The van der Waals surface area contributed by atoms with Gasteiger partial charge in [0.2, 0.25) is 0 Å². The number of halogens is 2. The average Bonchev–Trinajstić information content (AvgIpc) is 3.11. The number of anilines is 2. The topological polar surface area (TPSA) is 44.4 Å². The lowest BCUT2D eigenvalue weighted by Crippen LogP contribution is -2.36. The Kier molecular flexibility index (Phi) is 4.45. The third kappa shape index (κ3) is 3.31. The van der Waals surface area contributed by atoms with Gasteiger partial charge < -0.3 is 15.5 Å². The van der Waals surface area contributed by atoms with Crippen molar-refractivity contribution in [2.75, 3.05) is 23.3 Å². The van der Waals surface area contributed by atoms with Crippen LogP contribution in [-0.4, -0.2) is 25.2 Å². The molecule has 1 heterocycles. The molecule has 0 atom stereocenters. The van der Waals surface area contributed by atoms with Crippen LogP contribution in [-0.2, 0) is 0 Å². The molecule has 0 radical (unpaired) electrons. The van der Waals surface area contributed by atoms with Crippen molar-refractivity contribution in [2.45, 2.75) is 44.6 Å². The molecule has 3 rings (SSSR count). The summed E-state index contributed by atoms with van der Waals surface area (Å²) in [5.41, 5.74) is 0.160. The first kappa shape index (κ1) is 15.1. The van der Waals surface area contributed by atoms with E-state index in [9.17, 15) is 13.6 Å². The van der Waals surface area contributed by atoms with Crippen LogP contribution < -0.4 is 15.5 Å². The molecule has 120 valence electrons. The minimum atomic E-state index is -0.627. The van der Waals surface area contributed by atoms with Gasteiger partial charge in [0.25, 0.3) is 0 Å². The van der Waals surface area contributed by atoms with E-state index in [0.717, 1.165) is 38.5 Å². The first-order chi connectivity index (χ1) is 10.6. The molecular weight excluding hydrogens is 288 g/mol. The van der Waals surface area contributed by atoms with Gasteiger partial charge in [-0.2, -0.15) is 0 Å². The largest absolute Gasteiger partial charge is 0.367 e. The molecule has 1 aromatic carbocycles. The zero-order valence-corrected chi connectivity index (χ0v) is 12.5. The molecular formula is C16H21F2N3O. The van der Waals surface area contributed by atoms with Crippen molar-refractivity contribution in [3.8, 4) is 0 Å². The molecule has 1 aliphatic heterocycles. The van der Waals surface area contributed by atoms with Crippen LogP contribution in [0.3, 0.4) is 0 Å². The fourth-order valence-electron chi connectivity index (χ4n) is 3.30. The number of carbonyl (C=O) groups excluding carboxylic acids is 1. The molecule has 6 heteroatoms. The first-order valence-corrected chi connectivity index (χ1v) is 7.95. The molecule has 2 aliphatic rings. The third-order valence-corrected chi connectivity index (χ3v) is 4.39. The Hall–Kier alpha value is -1.85. The van der Waals surface area contributed by atoms with Crippen LogP contribution >= 0.6 is 0 Å². The summed E-state index contributed by atoms with van der Waals surface area (Å²) in [5.74, 6) is -1.25. The van der Waals surface area contributed by atoms with E-state index in [4.69, 9.17) is 0 Å². The second-order valence-electron chi connectivity index (χ2n) is 6.06. The second-order valence-corrected chi connectivity index (χ2v) is 6.06. The Bertz CT molecular complexity index is 529. The summed E-state index contributed by atoms with van der Waals surface area (Å²) in [5, 5.41) is 5.35. The molecule has 2 amide bonds. The lowest BCUT2D eigenvalue weighted by Gasteiger charge is -2.20. The van der Waals surface area contributed by atoms with Crippen LogP contribution in [0.25, 0.3) is 0 Å². The molecule has 2 N–H and O–H groups in total. The maximum absolute atomic E-state index is 14.2. The molecule has 1 saturated carbocycles. The third-order valence-electron chi connectivity index (χ3n) is 4.39. The fraction of sp³-hybridized carbons (Fsp3) is 0.562. The fourth-order valence-corrected chi connectivity index (χ4v) is 3.30. The molecule has 0 spiro atoms. The summed E-state index contributed by atoms with van der Waals surface area (Å²) in [6.07, 6.45) is 6.04. The van der Waals surface area contributed by atoms with E-state index < -0.39 is 17.7 Å². The number of nitrogens with one attached hydrogen (secondary N) is 2. The highest BCUT2D eigenvalue weighted by Gasteiger charge is 2.22. The lowest BCUT2D eigenvalue weighted by atomic mass is 10.2. The highest BCUT2D eigenvalue weighted by molar-refractivity contribution is 5.89. The maximum Gasteiger partial charge on any atom is 0.319 e. The van der Waals surface area contributed by atoms with Gasteiger partial charge >= 0.3 is 6.03 Å². The van der Waals surface area contributed by atoms with E-state index in [1.165, 1.54) is 12.1 Å². The van der Waals surface area contributed by atoms with E-state index >= 15 is 0 Å². The Labute approximate surface area is 128 Å². The number of hydrogen-bond acceptors (Lipinski definition) is 2. The summed E-state index contributed by atoms with van der Waals surface area (Å²) < 4.78 is 28.3. The van der Waals surface area contributed by atoms with Crippen molar-refractivity contribution in [1.29, 1.82) is 0 Å². The molecule has 22 heavy (non-hydrogen) atoms. The predicted molar refractivity (Wildman–Crippen MR) is 82.2 cm³/mol. The number of amides is 2. The van der Waals surface area contributed by atoms with E-state index in [1.807, 2.05) is 0 Å². The second kappa shape index (κ2) is 6.50. The number of benzene rings is 1. The Balaban J connectivity index is 1.67. The highest BCUT2D eigenvalue weighted by Crippen LogP contribution is 2.29. The molecule has 2 fully saturated rings. The van der Waals surface area contributed by atoms with E-state index in [1.54, 1.807) is 4.90 Å². The van der Waals surface area contributed by atoms with Crippen molar-refractivity contribution >= 4 is 17.4 Å². The minimum absolute atomic E-state index is 0.0132. The Morgan fingerprint density at radius 1 is 1.05 bits per heavy atom.